The molecule has 1 heterocycles. The molecular formula is C53H37NS. The normalized spacial score (nSPS) is 13.1. The van der Waals surface area contributed by atoms with E-state index in [1.165, 1.54) is 91.9 Å². The van der Waals surface area contributed by atoms with Crippen LogP contribution in [0.15, 0.2) is 188 Å². The molecule has 10 aromatic rings. The second kappa shape index (κ2) is 12.3. The molecule has 1 nitrogen and oxygen atoms in total. The van der Waals surface area contributed by atoms with Gasteiger partial charge in [0.05, 0.1) is 5.69 Å². The van der Waals surface area contributed by atoms with E-state index in [0.717, 1.165) is 11.4 Å². The van der Waals surface area contributed by atoms with Gasteiger partial charge in [0.2, 0.25) is 0 Å². The summed E-state index contributed by atoms with van der Waals surface area (Å²) in [5.74, 6) is 0. The van der Waals surface area contributed by atoms with Gasteiger partial charge in [-0.3, -0.25) is 0 Å². The lowest BCUT2D eigenvalue weighted by Gasteiger charge is -2.29. The Kier molecular flexibility index (Phi) is 7.14. The lowest BCUT2D eigenvalue weighted by molar-refractivity contribution is 0.660. The molecule has 0 radical (unpaired) electrons. The predicted molar refractivity (Wildman–Crippen MR) is 237 cm³/mol. The van der Waals surface area contributed by atoms with Crippen LogP contribution in [0.3, 0.4) is 0 Å². The van der Waals surface area contributed by atoms with Crippen molar-refractivity contribution in [1.29, 1.82) is 0 Å². The van der Waals surface area contributed by atoms with Gasteiger partial charge < -0.3 is 4.90 Å². The lowest BCUT2D eigenvalue weighted by Crippen LogP contribution is -2.16. The van der Waals surface area contributed by atoms with Crippen LogP contribution in [0.1, 0.15) is 25.0 Å². The zero-order valence-electron chi connectivity index (χ0n) is 30.8. The molecule has 1 aromatic heterocycles. The van der Waals surface area contributed by atoms with Crippen LogP contribution in [0, 0.1) is 0 Å². The van der Waals surface area contributed by atoms with Crippen molar-refractivity contribution >= 4 is 70.1 Å². The van der Waals surface area contributed by atoms with E-state index in [0.29, 0.717) is 0 Å². The number of thiophene rings is 1. The third kappa shape index (κ3) is 5.13. The van der Waals surface area contributed by atoms with E-state index in [-0.39, 0.29) is 5.41 Å². The molecule has 0 unspecified atom stereocenters. The van der Waals surface area contributed by atoms with Crippen molar-refractivity contribution in [2.75, 3.05) is 4.90 Å². The van der Waals surface area contributed by atoms with Crippen LogP contribution in [-0.2, 0) is 5.41 Å². The number of hydrogen-bond acceptors (Lipinski definition) is 2. The Labute approximate surface area is 325 Å². The molecule has 1 aliphatic carbocycles. The Balaban J connectivity index is 1.06. The smallest absolute Gasteiger partial charge is 0.0543 e. The van der Waals surface area contributed by atoms with Crippen molar-refractivity contribution in [2.45, 2.75) is 19.3 Å². The van der Waals surface area contributed by atoms with Gasteiger partial charge in [-0.05, 0) is 121 Å². The highest BCUT2D eigenvalue weighted by atomic mass is 32.1. The number of rotatable bonds is 5. The van der Waals surface area contributed by atoms with E-state index in [1.54, 1.807) is 0 Å². The SMILES string of the molecule is CC1(C)c2ccccc2-c2c(N(c3ccc(-c4ccc5sc6cc7ccccc7cc6c5c4)cc3)c3cccc(-c4ccc5ccccc5c4)c3)cccc21. The van der Waals surface area contributed by atoms with E-state index in [1.807, 2.05) is 11.3 Å². The Morgan fingerprint density at radius 2 is 1.02 bits per heavy atom. The number of benzene rings is 9. The summed E-state index contributed by atoms with van der Waals surface area (Å²) in [5, 5.41) is 7.73. The Morgan fingerprint density at radius 1 is 0.400 bits per heavy atom. The predicted octanol–water partition coefficient (Wildman–Crippen LogP) is 15.5. The molecule has 55 heavy (non-hydrogen) atoms. The molecule has 0 aliphatic heterocycles. The van der Waals surface area contributed by atoms with Crippen LogP contribution < -0.4 is 4.90 Å². The highest BCUT2D eigenvalue weighted by Gasteiger charge is 2.37. The van der Waals surface area contributed by atoms with E-state index in [4.69, 9.17) is 0 Å². The van der Waals surface area contributed by atoms with Gasteiger partial charge >= 0.3 is 0 Å². The third-order valence-electron chi connectivity index (χ3n) is 11.8. The van der Waals surface area contributed by atoms with E-state index < -0.39 is 0 Å². The van der Waals surface area contributed by atoms with Gasteiger partial charge in [-0.15, -0.1) is 11.3 Å². The zero-order valence-corrected chi connectivity index (χ0v) is 31.6. The first-order valence-electron chi connectivity index (χ1n) is 19.1. The van der Waals surface area contributed by atoms with Gasteiger partial charge in [0.15, 0.2) is 0 Å². The number of fused-ring (bicyclic) bond motifs is 8. The summed E-state index contributed by atoms with van der Waals surface area (Å²) in [6.07, 6.45) is 0. The molecule has 0 N–H and O–H groups in total. The van der Waals surface area contributed by atoms with E-state index in [2.05, 4.69) is 207 Å². The van der Waals surface area contributed by atoms with Crippen LogP contribution in [0.2, 0.25) is 0 Å². The molecule has 9 aromatic carbocycles. The average molecular weight is 720 g/mol. The summed E-state index contributed by atoms with van der Waals surface area (Å²) >= 11 is 1.88. The zero-order chi connectivity index (χ0) is 36.7. The minimum Gasteiger partial charge on any atom is -0.310 e. The maximum absolute atomic E-state index is 2.46. The summed E-state index contributed by atoms with van der Waals surface area (Å²) in [6, 6.07) is 69.7. The van der Waals surface area contributed by atoms with Crippen molar-refractivity contribution < 1.29 is 0 Å². The van der Waals surface area contributed by atoms with Crippen molar-refractivity contribution in [1.82, 2.24) is 0 Å². The topological polar surface area (TPSA) is 3.24 Å². The monoisotopic (exact) mass is 719 g/mol. The van der Waals surface area contributed by atoms with E-state index in [9.17, 15) is 0 Å². The summed E-state index contributed by atoms with van der Waals surface area (Å²) in [7, 11) is 0. The fourth-order valence-electron chi connectivity index (χ4n) is 8.99. The number of nitrogens with zero attached hydrogens (tertiary/aromatic N) is 1. The van der Waals surface area contributed by atoms with Crippen molar-refractivity contribution in [2.24, 2.45) is 0 Å². The molecule has 0 spiro atoms. The highest BCUT2D eigenvalue weighted by molar-refractivity contribution is 7.25. The molecule has 0 saturated carbocycles. The fraction of sp³-hybridized carbons (Fsp3) is 0.0566. The van der Waals surface area contributed by atoms with Crippen molar-refractivity contribution in [3.8, 4) is 33.4 Å². The molecule has 2 heteroatoms. The second-order valence-electron chi connectivity index (χ2n) is 15.4. The first kappa shape index (κ1) is 32.0. The number of anilines is 3. The van der Waals surface area contributed by atoms with Gasteiger partial charge in [0, 0.05) is 42.5 Å². The molecule has 0 saturated heterocycles. The van der Waals surface area contributed by atoms with Crippen LogP contribution in [0.5, 0.6) is 0 Å². The molecule has 11 rings (SSSR count). The Hall–Kier alpha value is -6.48. The van der Waals surface area contributed by atoms with Gasteiger partial charge in [0.1, 0.15) is 0 Å². The van der Waals surface area contributed by atoms with Gasteiger partial charge in [0.25, 0.3) is 0 Å². The standard InChI is InChI=1S/C53H37NS/c1-53(2)47-18-8-7-17-44(47)52-48(53)19-10-20-49(52)54(43-16-9-15-37(30-43)40-22-21-34-11-3-4-12-36(34)29-40)42-26-23-35(24-27-42)41-25-28-50-45(32-41)46-31-38-13-5-6-14-39(38)33-51(46)55-50/h3-33H,1-2H3. The largest absolute Gasteiger partial charge is 0.310 e. The van der Waals surface area contributed by atoms with Crippen LogP contribution in [0.25, 0.3) is 75.1 Å². The maximum atomic E-state index is 2.46. The third-order valence-corrected chi connectivity index (χ3v) is 12.9. The van der Waals surface area contributed by atoms with Crippen LogP contribution >= 0.6 is 11.3 Å². The summed E-state index contributed by atoms with van der Waals surface area (Å²) in [5.41, 5.74) is 13.6. The molecular weight excluding hydrogens is 683 g/mol. The molecule has 0 amide bonds. The Bertz CT molecular complexity index is 3130. The summed E-state index contributed by atoms with van der Waals surface area (Å²) in [6.45, 7) is 4.72. The molecule has 1 aliphatic rings. The first-order valence-corrected chi connectivity index (χ1v) is 19.9. The minimum absolute atomic E-state index is 0.0961. The highest BCUT2D eigenvalue weighted by Crippen LogP contribution is 2.54. The second-order valence-corrected chi connectivity index (χ2v) is 16.5. The van der Waals surface area contributed by atoms with Crippen molar-refractivity contribution in [3.05, 3.63) is 199 Å². The average Bonchev–Trinajstić information content (AvgIpc) is 3.71. The molecule has 0 atom stereocenters. The first-order chi connectivity index (χ1) is 27.0. The maximum Gasteiger partial charge on any atom is 0.0543 e. The van der Waals surface area contributed by atoms with Crippen LogP contribution in [0.4, 0.5) is 17.1 Å². The molecule has 0 bridgehead atoms. The summed E-state index contributed by atoms with van der Waals surface area (Å²) < 4.78 is 2.66. The summed E-state index contributed by atoms with van der Waals surface area (Å²) in [4.78, 5) is 2.46. The fourth-order valence-corrected chi connectivity index (χ4v) is 10.1. The molecule has 260 valence electrons. The molecule has 0 fully saturated rings. The van der Waals surface area contributed by atoms with Crippen LogP contribution in [-0.4, -0.2) is 0 Å². The minimum atomic E-state index is -0.0961. The van der Waals surface area contributed by atoms with Gasteiger partial charge in [-0.2, -0.15) is 0 Å². The lowest BCUT2D eigenvalue weighted by atomic mass is 9.82. The van der Waals surface area contributed by atoms with Gasteiger partial charge in [-0.25, -0.2) is 0 Å². The quantitative estimate of drug-likeness (QED) is 0.171. The van der Waals surface area contributed by atoms with E-state index >= 15 is 0 Å². The number of hydrogen-bond donors (Lipinski definition) is 0. The Morgan fingerprint density at radius 3 is 1.85 bits per heavy atom. The van der Waals surface area contributed by atoms with Crippen molar-refractivity contribution in [3.63, 3.8) is 0 Å². The van der Waals surface area contributed by atoms with Gasteiger partial charge in [-0.1, -0.05) is 141 Å².